The highest BCUT2D eigenvalue weighted by atomic mass is 16.3. The van der Waals surface area contributed by atoms with Gasteiger partial charge in [0.1, 0.15) is 0 Å². The summed E-state index contributed by atoms with van der Waals surface area (Å²) in [5.41, 5.74) is 5.41. The van der Waals surface area contributed by atoms with E-state index in [-0.39, 0.29) is 12.1 Å². The van der Waals surface area contributed by atoms with Gasteiger partial charge in [0.2, 0.25) is 0 Å². The standard InChI is InChI=1S/C17H27NO/c1-12-9-14(3)15(10-13(12)2)11-18-16-7-5-4-6-8-17(16)19/h9-10,16-19H,4-8,11H2,1-3H3. The van der Waals surface area contributed by atoms with Crippen LogP contribution in [0.15, 0.2) is 12.1 Å². The summed E-state index contributed by atoms with van der Waals surface area (Å²) in [4.78, 5) is 0. The Balaban J connectivity index is 1.99. The molecule has 2 unspecified atom stereocenters. The third-order valence-corrected chi connectivity index (χ3v) is 4.49. The topological polar surface area (TPSA) is 32.3 Å². The summed E-state index contributed by atoms with van der Waals surface area (Å²) in [6.07, 6.45) is 5.55. The van der Waals surface area contributed by atoms with Gasteiger partial charge in [-0.05, 0) is 55.9 Å². The van der Waals surface area contributed by atoms with Crippen LogP contribution < -0.4 is 5.32 Å². The van der Waals surface area contributed by atoms with Crippen LogP contribution in [0.5, 0.6) is 0 Å². The second kappa shape index (κ2) is 6.53. The maximum absolute atomic E-state index is 10.1. The van der Waals surface area contributed by atoms with E-state index in [1.54, 1.807) is 0 Å². The Labute approximate surface area is 117 Å². The lowest BCUT2D eigenvalue weighted by molar-refractivity contribution is 0.119. The van der Waals surface area contributed by atoms with Gasteiger partial charge in [-0.25, -0.2) is 0 Å². The van der Waals surface area contributed by atoms with E-state index in [2.05, 4.69) is 38.2 Å². The maximum atomic E-state index is 10.1. The van der Waals surface area contributed by atoms with Gasteiger partial charge >= 0.3 is 0 Å². The van der Waals surface area contributed by atoms with Gasteiger partial charge in [-0.15, -0.1) is 0 Å². The zero-order chi connectivity index (χ0) is 13.8. The van der Waals surface area contributed by atoms with Gasteiger partial charge in [0.05, 0.1) is 6.10 Å². The van der Waals surface area contributed by atoms with Crippen molar-refractivity contribution in [2.45, 2.75) is 71.6 Å². The lowest BCUT2D eigenvalue weighted by Crippen LogP contribution is -2.38. The third kappa shape index (κ3) is 3.80. The van der Waals surface area contributed by atoms with Crippen molar-refractivity contribution in [1.82, 2.24) is 5.32 Å². The normalized spacial score (nSPS) is 24.2. The van der Waals surface area contributed by atoms with Gasteiger partial charge in [0, 0.05) is 12.6 Å². The van der Waals surface area contributed by atoms with Gasteiger partial charge in [-0.2, -0.15) is 0 Å². The highest BCUT2D eigenvalue weighted by Crippen LogP contribution is 2.20. The Bertz CT molecular complexity index is 428. The quantitative estimate of drug-likeness (QED) is 0.817. The molecule has 1 aliphatic carbocycles. The predicted molar refractivity (Wildman–Crippen MR) is 80.4 cm³/mol. The summed E-state index contributed by atoms with van der Waals surface area (Å²) in [6.45, 7) is 7.37. The van der Waals surface area contributed by atoms with Crippen LogP contribution in [-0.4, -0.2) is 17.3 Å². The molecule has 0 heterocycles. The molecule has 2 atom stereocenters. The molecule has 106 valence electrons. The number of hydrogen-bond donors (Lipinski definition) is 2. The molecule has 0 spiro atoms. The van der Waals surface area contributed by atoms with Crippen molar-refractivity contribution in [3.05, 3.63) is 34.4 Å². The lowest BCUT2D eigenvalue weighted by Gasteiger charge is -2.22. The average molecular weight is 261 g/mol. The molecule has 1 fully saturated rings. The highest BCUT2D eigenvalue weighted by molar-refractivity contribution is 5.36. The van der Waals surface area contributed by atoms with Crippen molar-refractivity contribution in [1.29, 1.82) is 0 Å². The molecule has 2 heteroatoms. The molecule has 1 aliphatic rings. The molecule has 0 aliphatic heterocycles. The predicted octanol–water partition coefficient (Wildman–Crippen LogP) is 3.40. The van der Waals surface area contributed by atoms with Crippen molar-refractivity contribution in [3.63, 3.8) is 0 Å². The number of aryl methyl sites for hydroxylation is 3. The fourth-order valence-electron chi connectivity index (χ4n) is 2.98. The molecule has 0 radical (unpaired) electrons. The molecule has 1 saturated carbocycles. The van der Waals surface area contributed by atoms with Gasteiger partial charge in [-0.1, -0.05) is 31.4 Å². The number of aliphatic hydroxyl groups is 1. The van der Waals surface area contributed by atoms with E-state index in [0.29, 0.717) is 0 Å². The molecule has 2 nitrogen and oxygen atoms in total. The minimum Gasteiger partial charge on any atom is -0.392 e. The molecule has 0 saturated heterocycles. The van der Waals surface area contributed by atoms with Crippen LogP contribution in [0.2, 0.25) is 0 Å². The fourth-order valence-corrected chi connectivity index (χ4v) is 2.98. The molecule has 2 rings (SSSR count). The van der Waals surface area contributed by atoms with Crippen LogP contribution in [0.4, 0.5) is 0 Å². The summed E-state index contributed by atoms with van der Waals surface area (Å²) in [7, 11) is 0. The second-order valence-electron chi connectivity index (χ2n) is 6.06. The van der Waals surface area contributed by atoms with Crippen molar-refractivity contribution in [2.24, 2.45) is 0 Å². The van der Waals surface area contributed by atoms with Crippen LogP contribution in [-0.2, 0) is 6.54 Å². The van der Waals surface area contributed by atoms with Crippen LogP contribution in [0.1, 0.15) is 54.4 Å². The van der Waals surface area contributed by atoms with E-state index < -0.39 is 0 Å². The Hall–Kier alpha value is -0.860. The number of hydrogen-bond acceptors (Lipinski definition) is 2. The molecule has 19 heavy (non-hydrogen) atoms. The largest absolute Gasteiger partial charge is 0.392 e. The first-order valence-corrected chi connectivity index (χ1v) is 7.56. The van der Waals surface area contributed by atoms with Crippen LogP contribution in [0.25, 0.3) is 0 Å². The summed E-state index contributed by atoms with van der Waals surface area (Å²) in [5, 5.41) is 13.7. The van der Waals surface area contributed by atoms with E-state index in [1.807, 2.05) is 0 Å². The summed E-state index contributed by atoms with van der Waals surface area (Å²) in [5.74, 6) is 0. The number of aliphatic hydroxyl groups excluding tert-OH is 1. The van der Waals surface area contributed by atoms with E-state index >= 15 is 0 Å². The molecule has 0 amide bonds. The van der Waals surface area contributed by atoms with Crippen molar-refractivity contribution >= 4 is 0 Å². The minimum absolute atomic E-state index is 0.172. The van der Waals surface area contributed by atoms with E-state index in [4.69, 9.17) is 0 Å². The molecule has 0 aromatic heterocycles. The minimum atomic E-state index is -0.172. The van der Waals surface area contributed by atoms with Gasteiger partial charge < -0.3 is 10.4 Å². The second-order valence-corrected chi connectivity index (χ2v) is 6.06. The van der Waals surface area contributed by atoms with E-state index in [1.165, 1.54) is 41.5 Å². The fraction of sp³-hybridized carbons (Fsp3) is 0.647. The Morgan fingerprint density at radius 1 is 1.00 bits per heavy atom. The van der Waals surface area contributed by atoms with Crippen LogP contribution >= 0.6 is 0 Å². The smallest absolute Gasteiger partial charge is 0.0693 e. The average Bonchev–Trinajstić information content (AvgIpc) is 2.57. The third-order valence-electron chi connectivity index (χ3n) is 4.49. The van der Waals surface area contributed by atoms with Crippen molar-refractivity contribution < 1.29 is 5.11 Å². The summed E-state index contributed by atoms with van der Waals surface area (Å²) in [6, 6.07) is 4.81. The van der Waals surface area contributed by atoms with Crippen molar-refractivity contribution in [2.75, 3.05) is 0 Å². The number of nitrogens with one attached hydrogen (secondary N) is 1. The zero-order valence-electron chi connectivity index (χ0n) is 12.5. The molecular formula is C17H27NO. The first-order valence-electron chi connectivity index (χ1n) is 7.56. The maximum Gasteiger partial charge on any atom is 0.0693 e. The molecule has 1 aromatic carbocycles. The van der Waals surface area contributed by atoms with Gasteiger partial charge in [0.15, 0.2) is 0 Å². The zero-order valence-corrected chi connectivity index (χ0v) is 12.5. The Kier molecular flexibility index (Phi) is 5.00. The number of benzene rings is 1. The van der Waals surface area contributed by atoms with E-state index in [9.17, 15) is 5.11 Å². The van der Waals surface area contributed by atoms with Crippen LogP contribution in [0, 0.1) is 20.8 Å². The highest BCUT2D eigenvalue weighted by Gasteiger charge is 2.20. The molecule has 0 bridgehead atoms. The van der Waals surface area contributed by atoms with E-state index in [0.717, 1.165) is 19.4 Å². The molecule has 2 N–H and O–H groups in total. The summed E-state index contributed by atoms with van der Waals surface area (Å²) < 4.78 is 0. The lowest BCUT2D eigenvalue weighted by atomic mass is 10.00. The van der Waals surface area contributed by atoms with Gasteiger partial charge in [-0.3, -0.25) is 0 Å². The monoisotopic (exact) mass is 261 g/mol. The Morgan fingerprint density at radius 2 is 1.68 bits per heavy atom. The SMILES string of the molecule is Cc1cc(C)c(CNC2CCCCCC2O)cc1C. The summed E-state index contributed by atoms with van der Waals surface area (Å²) >= 11 is 0. The number of rotatable bonds is 3. The Morgan fingerprint density at radius 3 is 2.47 bits per heavy atom. The molecule has 1 aromatic rings. The first-order chi connectivity index (χ1) is 9.08. The van der Waals surface area contributed by atoms with Gasteiger partial charge in [0.25, 0.3) is 0 Å². The van der Waals surface area contributed by atoms with Crippen molar-refractivity contribution in [3.8, 4) is 0 Å². The molecular weight excluding hydrogens is 234 g/mol. The van der Waals surface area contributed by atoms with Crippen LogP contribution in [0.3, 0.4) is 0 Å². The first kappa shape index (κ1) is 14.5.